The number of aliphatic carboxylic acids is 1. The SMILES string of the molecule is CCCC(C(=O)O)c1ccc(-c2cccc(C(F)(F)F)c2)cc1. The molecule has 0 bridgehead atoms. The summed E-state index contributed by atoms with van der Waals surface area (Å²) in [5, 5.41) is 9.25. The Bertz CT molecular complexity index is 675. The van der Waals surface area contributed by atoms with Gasteiger partial charge in [0.2, 0.25) is 0 Å². The minimum atomic E-state index is -4.38. The molecular weight excluding hydrogens is 305 g/mol. The highest BCUT2D eigenvalue weighted by molar-refractivity contribution is 5.76. The highest BCUT2D eigenvalue weighted by atomic mass is 19.4. The van der Waals surface area contributed by atoms with E-state index in [2.05, 4.69) is 0 Å². The maximum atomic E-state index is 12.8. The van der Waals surface area contributed by atoms with Gasteiger partial charge in [0, 0.05) is 0 Å². The first-order valence-electron chi connectivity index (χ1n) is 7.33. The van der Waals surface area contributed by atoms with Gasteiger partial charge in [-0.2, -0.15) is 13.2 Å². The van der Waals surface area contributed by atoms with E-state index < -0.39 is 23.6 Å². The Labute approximate surface area is 132 Å². The molecule has 0 saturated heterocycles. The lowest BCUT2D eigenvalue weighted by molar-refractivity contribution is -0.139. The number of alkyl halides is 3. The van der Waals surface area contributed by atoms with Crippen LogP contribution in [0, 0.1) is 0 Å². The molecule has 0 heterocycles. The van der Waals surface area contributed by atoms with E-state index in [9.17, 15) is 23.1 Å². The average Bonchev–Trinajstić information content (AvgIpc) is 2.52. The Hall–Kier alpha value is -2.30. The van der Waals surface area contributed by atoms with Crippen LogP contribution in [0.5, 0.6) is 0 Å². The number of carboxylic acids is 1. The summed E-state index contributed by atoms with van der Waals surface area (Å²) in [6.45, 7) is 1.91. The number of rotatable bonds is 5. The Morgan fingerprint density at radius 2 is 1.74 bits per heavy atom. The molecule has 0 aliphatic carbocycles. The molecule has 1 unspecified atom stereocenters. The third kappa shape index (κ3) is 4.12. The van der Waals surface area contributed by atoms with Crippen LogP contribution in [0.15, 0.2) is 48.5 Å². The number of halogens is 3. The molecule has 2 nitrogen and oxygen atoms in total. The van der Waals surface area contributed by atoms with Crippen molar-refractivity contribution in [2.45, 2.75) is 31.9 Å². The van der Waals surface area contributed by atoms with Crippen molar-refractivity contribution in [2.75, 3.05) is 0 Å². The van der Waals surface area contributed by atoms with Gasteiger partial charge in [0.05, 0.1) is 11.5 Å². The van der Waals surface area contributed by atoms with E-state index >= 15 is 0 Å². The second kappa shape index (κ2) is 6.86. The lowest BCUT2D eigenvalue weighted by Gasteiger charge is -2.13. The summed E-state index contributed by atoms with van der Waals surface area (Å²) in [5.74, 6) is -1.48. The van der Waals surface area contributed by atoms with Crippen molar-refractivity contribution < 1.29 is 23.1 Å². The van der Waals surface area contributed by atoms with E-state index in [-0.39, 0.29) is 0 Å². The van der Waals surface area contributed by atoms with Gasteiger partial charge in [0.15, 0.2) is 0 Å². The van der Waals surface area contributed by atoms with Gasteiger partial charge in [0.25, 0.3) is 0 Å². The van der Waals surface area contributed by atoms with Gasteiger partial charge < -0.3 is 5.11 Å². The molecule has 2 aromatic carbocycles. The summed E-state index contributed by atoms with van der Waals surface area (Å²) in [5.41, 5.74) is 1.04. The number of carbonyl (C=O) groups is 1. The largest absolute Gasteiger partial charge is 0.481 e. The fraction of sp³-hybridized carbons (Fsp3) is 0.278. The van der Waals surface area contributed by atoms with Crippen molar-refractivity contribution in [3.63, 3.8) is 0 Å². The molecule has 2 rings (SSSR count). The zero-order valence-corrected chi connectivity index (χ0v) is 12.6. The van der Waals surface area contributed by atoms with Crippen molar-refractivity contribution in [1.29, 1.82) is 0 Å². The summed E-state index contributed by atoms with van der Waals surface area (Å²) >= 11 is 0. The molecule has 0 spiro atoms. The fourth-order valence-electron chi connectivity index (χ4n) is 2.50. The zero-order valence-electron chi connectivity index (χ0n) is 12.6. The van der Waals surface area contributed by atoms with Crippen LogP contribution < -0.4 is 0 Å². The summed E-state index contributed by atoms with van der Waals surface area (Å²) < 4.78 is 38.3. The first-order valence-corrected chi connectivity index (χ1v) is 7.33. The van der Waals surface area contributed by atoms with Crippen molar-refractivity contribution >= 4 is 5.97 Å². The second-order valence-electron chi connectivity index (χ2n) is 5.38. The molecule has 0 aliphatic rings. The quantitative estimate of drug-likeness (QED) is 0.806. The zero-order chi connectivity index (χ0) is 17.0. The van der Waals surface area contributed by atoms with E-state index in [1.165, 1.54) is 6.07 Å². The van der Waals surface area contributed by atoms with Crippen molar-refractivity contribution in [3.8, 4) is 11.1 Å². The van der Waals surface area contributed by atoms with E-state index in [0.29, 0.717) is 23.1 Å². The van der Waals surface area contributed by atoms with Crippen LogP contribution in [0.1, 0.15) is 36.8 Å². The predicted octanol–water partition coefficient (Wildman–Crippen LogP) is 5.34. The fourth-order valence-corrected chi connectivity index (χ4v) is 2.50. The van der Waals surface area contributed by atoms with Crippen molar-refractivity contribution in [3.05, 3.63) is 59.7 Å². The summed E-state index contributed by atoms with van der Waals surface area (Å²) in [6.07, 6.45) is -3.12. The van der Waals surface area contributed by atoms with E-state index in [0.717, 1.165) is 18.6 Å². The molecule has 5 heteroatoms. The van der Waals surface area contributed by atoms with E-state index in [1.807, 2.05) is 6.92 Å². The minimum Gasteiger partial charge on any atom is -0.481 e. The Morgan fingerprint density at radius 1 is 1.09 bits per heavy atom. The number of benzene rings is 2. The van der Waals surface area contributed by atoms with E-state index in [1.54, 1.807) is 30.3 Å². The maximum absolute atomic E-state index is 12.8. The van der Waals surface area contributed by atoms with Gasteiger partial charge in [-0.1, -0.05) is 49.7 Å². The molecule has 0 saturated carbocycles. The van der Waals surface area contributed by atoms with Crippen LogP contribution in [0.2, 0.25) is 0 Å². The maximum Gasteiger partial charge on any atom is 0.416 e. The molecule has 1 N–H and O–H groups in total. The molecule has 0 radical (unpaired) electrons. The first-order chi connectivity index (χ1) is 10.8. The van der Waals surface area contributed by atoms with Crippen LogP contribution >= 0.6 is 0 Å². The average molecular weight is 322 g/mol. The normalized spacial score (nSPS) is 12.9. The van der Waals surface area contributed by atoms with Crippen LogP contribution in [-0.2, 0) is 11.0 Å². The molecule has 0 aromatic heterocycles. The van der Waals surface area contributed by atoms with Crippen LogP contribution in [0.4, 0.5) is 13.2 Å². The van der Waals surface area contributed by atoms with Crippen molar-refractivity contribution in [2.24, 2.45) is 0 Å². The molecule has 0 fully saturated rings. The van der Waals surface area contributed by atoms with Gasteiger partial charge in [-0.3, -0.25) is 4.79 Å². The topological polar surface area (TPSA) is 37.3 Å². The lowest BCUT2D eigenvalue weighted by atomic mass is 9.92. The third-order valence-corrected chi connectivity index (χ3v) is 3.71. The smallest absolute Gasteiger partial charge is 0.416 e. The predicted molar refractivity (Wildman–Crippen MR) is 82.2 cm³/mol. The Morgan fingerprint density at radius 3 is 2.26 bits per heavy atom. The van der Waals surface area contributed by atoms with E-state index in [4.69, 9.17) is 0 Å². The standard InChI is InChI=1S/C18H17F3O2/c1-2-4-16(17(22)23)13-9-7-12(8-10-13)14-5-3-6-15(11-14)18(19,20)21/h3,5-11,16H,2,4H2,1H3,(H,22,23). The van der Waals surface area contributed by atoms with Crippen LogP contribution in [0.3, 0.4) is 0 Å². The third-order valence-electron chi connectivity index (χ3n) is 3.71. The van der Waals surface area contributed by atoms with Crippen LogP contribution in [0.25, 0.3) is 11.1 Å². The summed E-state index contributed by atoms with van der Waals surface area (Å²) in [7, 11) is 0. The van der Waals surface area contributed by atoms with Gasteiger partial charge in [0.1, 0.15) is 0 Å². The molecule has 1 atom stereocenters. The van der Waals surface area contributed by atoms with Gasteiger partial charge in [-0.15, -0.1) is 0 Å². The first kappa shape index (κ1) is 17.1. The molecule has 0 aliphatic heterocycles. The Kier molecular flexibility index (Phi) is 5.08. The Balaban J connectivity index is 2.31. The van der Waals surface area contributed by atoms with Crippen molar-refractivity contribution in [1.82, 2.24) is 0 Å². The highest BCUT2D eigenvalue weighted by Crippen LogP contribution is 2.32. The van der Waals surface area contributed by atoms with Gasteiger partial charge >= 0.3 is 12.1 Å². The second-order valence-corrected chi connectivity index (χ2v) is 5.38. The van der Waals surface area contributed by atoms with Gasteiger partial charge in [-0.05, 0) is 35.2 Å². The minimum absolute atomic E-state index is 0.453. The molecule has 122 valence electrons. The molecule has 0 amide bonds. The molecular formula is C18H17F3O2. The molecule has 23 heavy (non-hydrogen) atoms. The highest BCUT2D eigenvalue weighted by Gasteiger charge is 2.30. The molecule has 2 aromatic rings. The summed E-state index contributed by atoms with van der Waals surface area (Å²) in [4.78, 5) is 11.3. The summed E-state index contributed by atoms with van der Waals surface area (Å²) in [6, 6.07) is 11.8. The van der Waals surface area contributed by atoms with Gasteiger partial charge in [-0.25, -0.2) is 0 Å². The number of hydrogen-bond acceptors (Lipinski definition) is 1. The van der Waals surface area contributed by atoms with Crippen LogP contribution in [-0.4, -0.2) is 11.1 Å². The number of hydrogen-bond donors (Lipinski definition) is 1. The number of carboxylic acid groups (broad SMARTS) is 1. The lowest BCUT2D eigenvalue weighted by Crippen LogP contribution is -2.11. The monoisotopic (exact) mass is 322 g/mol.